The molecule has 0 spiro atoms. The number of para-hydroxylation sites is 1. The van der Waals surface area contributed by atoms with E-state index in [0.29, 0.717) is 6.54 Å². The Balaban J connectivity index is 2.20. The highest BCUT2D eigenvalue weighted by Gasteiger charge is 2.20. The maximum absolute atomic E-state index is 14.4. The van der Waals surface area contributed by atoms with Crippen molar-refractivity contribution in [3.63, 3.8) is 0 Å². The Bertz CT molecular complexity index is 468. The molecule has 1 aliphatic heterocycles. The van der Waals surface area contributed by atoms with Gasteiger partial charge in [0.2, 0.25) is 0 Å². The van der Waals surface area contributed by atoms with E-state index >= 15 is 0 Å². The van der Waals surface area contributed by atoms with E-state index in [9.17, 15) is 4.39 Å². The van der Waals surface area contributed by atoms with Crippen LogP contribution in [0.5, 0.6) is 0 Å². The van der Waals surface area contributed by atoms with Gasteiger partial charge >= 0.3 is 0 Å². The fourth-order valence-electron chi connectivity index (χ4n) is 2.69. The van der Waals surface area contributed by atoms with Crippen LogP contribution in [0.4, 0.5) is 10.1 Å². The summed E-state index contributed by atoms with van der Waals surface area (Å²) in [6.45, 7) is 11.0. The van der Waals surface area contributed by atoms with Gasteiger partial charge in [0.1, 0.15) is 5.82 Å². The van der Waals surface area contributed by atoms with Crippen molar-refractivity contribution in [1.82, 2.24) is 10.2 Å². The molecule has 0 atom stereocenters. The summed E-state index contributed by atoms with van der Waals surface area (Å²) in [6, 6.07) is 5.42. The molecule has 1 aliphatic rings. The van der Waals surface area contributed by atoms with Gasteiger partial charge in [-0.15, -0.1) is 0 Å². The van der Waals surface area contributed by atoms with Gasteiger partial charge in [-0.3, -0.25) is 0 Å². The summed E-state index contributed by atoms with van der Waals surface area (Å²) < 4.78 is 14.4. The van der Waals surface area contributed by atoms with Crippen molar-refractivity contribution in [2.75, 3.05) is 38.1 Å². The zero-order valence-electron chi connectivity index (χ0n) is 13.7. The Morgan fingerprint density at radius 2 is 1.90 bits per heavy atom. The predicted molar refractivity (Wildman–Crippen MR) is 87.3 cm³/mol. The highest BCUT2D eigenvalue weighted by Crippen LogP contribution is 2.26. The molecule has 0 aromatic heterocycles. The van der Waals surface area contributed by atoms with Gasteiger partial charge in [-0.25, -0.2) is 4.39 Å². The van der Waals surface area contributed by atoms with Crippen molar-refractivity contribution in [1.29, 1.82) is 0 Å². The third-order valence-corrected chi connectivity index (χ3v) is 3.92. The molecule has 2 rings (SSSR count). The van der Waals surface area contributed by atoms with E-state index in [4.69, 9.17) is 0 Å². The maximum atomic E-state index is 14.4. The lowest BCUT2D eigenvalue weighted by Gasteiger charge is -2.28. The van der Waals surface area contributed by atoms with Crippen molar-refractivity contribution >= 4 is 5.69 Å². The Labute approximate surface area is 128 Å². The van der Waals surface area contributed by atoms with Crippen molar-refractivity contribution in [3.05, 3.63) is 29.6 Å². The Morgan fingerprint density at radius 1 is 1.14 bits per heavy atom. The predicted octanol–water partition coefficient (Wildman–Crippen LogP) is 2.86. The molecule has 21 heavy (non-hydrogen) atoms. The SMILES string of the molecule is CN1CCCN(c2c(F)cccc2CNC(C)(C)C)CC1. The molecular formula is C17H28FN3. The average Bonchev–Trinajstić information content (AvgIpc) is 2.60. The van der Waals surface area contributed by atoms with E-state index in [1.165, 1.54) is 0 Å². The number of likely N-dealkylation sites (N-methyl/N-ethyl adjacent to an activating group) is 1. The first-order chi connectivity index (χ1) is 9.87. The first-order valence-corrected chi connectivity index (χ1v) is 7.83. The molecule has 0 unspecified atom stereocenters. The van der Waals surface area contributed by atoms with Crippen LogP contribution in [0.2, 0.25) is 0 Å². The topological polar surface area (TPSA) is 18.5 Å². The first-order valence-electron chi connectivity index (χ1n) is 7.83. The van der Waals surface area contributed by atoms with Crippen molar-refractivity contribution in [2.24, 2.45) is 0 Å². The smallest absolute Gasteiger partial charge is 0.146 e. The fourth-order valence-corrected chi connectivity index (χ4v) is 2.69. The first kappa shape index (κ1) is 16.2. The average molecular weight is 293 g/mol. The molecule has 1 heterocycles. The molecule has 1 aromatic carbocycles. The zero-order chi connectivity index (χ0) is 15.5. The minimum absolute atomic E-state index is 0.0303. The largest absolute Gasteiger partial charge is 0.368 e. The highest BCUT2D eigenvalue weighted by atomic mass is 19.1. The lowest BCUT2D eigenvalue weighted by atomic mass is 10.1. The molecule has 0 radical (unpaired) electrons. The van der Waals surface area contributed by atoms with Gasteiger partial charge in [-0.05, 0) is 52.4 Å². The second kappa shape index (κ2) is 6.75. The van der Waals surface area contributed by atoms with Crippen LogP contribution in [-0.4, -0.2) is 43.7 Å². The van der Waals surface area contributed by atoms with Crippen LogP contribution >= 0.6 is 0 Å². The molecule has 1 N–H and O–H groups in total. The van der Waals surface area contributed by atoms with Crippen LogP contribution in [0, 0.1) is 5.82 Å². The van der Waals surface area contributed by atoms with E-state index in [2.05, 4.69) is 42.9 Å². The highest BCUT2D eigenvalue weighted by molar-refractivity contribution is 5.55. The number of anilines is 1. The summed E-state index contributed by atoms with van der Waals surface area (Å²) in [5.41, 5.74) is 1.86. The van der Waals surface area contributed by atoms with Crippen LogP contribution in [0.3, 0.4) is 0 Å². The molecule has 1 saturated heterocycles. The molecule has 0 bridgehead atoms. The van der Waals surface area contributed by atoms with Gasteiger partial charge in [0.05, 0.1) is 5.69 Å². The van der Waals surface area contributed by atoms with E-state index in [0.717, 1.165) is 43.9 Å². The molecule has 0 saturated carbocycles. The van der Waals surface area contributed by atoms with Crippen LogP contribution in [0.1, 0.15) is 32.8 Å². The van der Waals surface area contributed by atoms with Crippen LogP contribution in [0.25, 0.3) is 0 Å². The quantitative estimate of drug-likeness (QED) is 0.924. The minimum atomic E-state index is -0.104. The number of halogens is 1. The molecule has 0 amide bonds. The van der Waals surface area contributed by atoms with Gasteiger partial charge < -0.3 is 15.1 Å². The molecular weight excluding hydrogens is 265 g/mol. The number of benzene rings is 1. The molecule has 0 aliphatic carbocycles. The third-order valence-electron chi connectivity index (χ3n) is 3.92. The maximum Gasteiger partial charge on any atom is 0.146 e. The van der Waals surface area contributed by atoms with E-state index in [-0.39, 0.29) is 11.4 Å². The number of nitrogens with zero attached hydrogens (tertiary/aromatic N) is 2. The van der Waals surface area contributed by atoms with Crippen LogP contribution < -0.4 is 10.2 Å². The lowest BCUT2D eigenvalue weighted by molar-refractivity contribution is 0.360. The third kappa shape index (κ3) is 4.68. The monoisotopic (exact) mass is 293 g/mol. The van der Waals surface area contributed by atoms with Gasteiger partial charge in [0, 0.05) is 31.7 Å². The van der Waals surface area contributed by atoms with Gasteiger partial charge in [0.15, 0.2) is 0 Å². The summed E-state index contributed by atoms with van der Waals surface area (Å²) in [7, 11) is 2.13. The van der Waals surface area contributed by atoms with Crippen molar-refractivity contribution in [3.8, 4) is 0 Å². The standard InChI is InChI=1S/C17H28FN3/c1-17(2,3)19-13-14-7-5-8-15(18)16(14)21-10-6-9-20(4)11-12-21/h5,7-8,19H,6,9-13H2,1-4H3. The molecule has 118 valence electrons. The molecule has 1 aromatic rings. The Morgan fingerprint density at radius 3 is 2.62 bits per heavy atom. The van der Waals surface area contributed by atoms with E-state index in [1.54, 1.807) is 6.07 Å². The number of hydrogen-bond acceptors (Lipinski definition) is 3. The summed E-state index contributed by atoms with van der Waals surface area (Å²) in [6.07, 6.45) is 1.08. The number of nitrogens with one attached hydrogen (secondary N) is 1. The summed E-state index contributed by atoms with van der Waals surface area (Å²) in [5.74, 6) is -0.104. The second-order valence-corrected chi connectivity index (χ2v) is 6.99. The van der Waals surface area contributed by atoms with E-state index < -0.39 is 0 Å². The summed E-state index contributed by atoms with van der Waals surface area (Å²) in [4.78, 5) is 4.52. The van der Waals surface area contributed by atoms with Gasteiger partial charge in [-0.2, -0.15) is 0 Å². The fraction of sp³-hybridized carbons (Fsp3) is 0.647. The van der Waals surface area contributed by atoms with Gasteiger partial charge in [-0.1, -0.05) is 12.1 Å². The lowest BCUT2D eigenvalue weighted by Crippen LogP contribution is -2.36. The van der Waals surface area contributed by atoms with E-state index in [1.807, 2.05) is 12.1 Å². The summed E-state index contributed by atoms with van der Waals surface area (Å²) in [5, 5.41) is 3.47. The zero-order valence-corrected chi connectivity index (χ0v) is 13.7. The summed E-state index contributed by atoms with van der Waals surface area (Å²) >= 11 is 0. The minimum Gasteiger partial charge on any atom is -0.368 e. The van der Waals surface area contributed by atoms with Crippen molar-refractivity contribution < 1.29 is 4.39 Å². The van der Waals surface area contributed by atoms with Gasteiger partial charge in [0.25, 0.3) is 0 Å². The number of hydrogen-bond donors (Lipinski definition) is 1. The molecule has 4 heteroatoms. The Hall–Kier alpha value is -1.13. The normalized spacial score (nSPS) is 17.9. The van der Waals surface area contributed by atoms with Crippen molar-refractivity contribution in [2.45, 2.75) is 39.3 Å². The second-order valence-electron chi connectivity index (χ2n) is 6.99. The molecule has 3 nitrogen and oxygen atoms in total. The van der Waals surface area contributed by atoms with Crippen LogP contribution in [0.15, 0.2) is 18.2 Å². The van der Waals surface area contributed by atoms with Crippen LogP contribution in [-0.2, 0) is 6.54 Å². The Kier molecular flexibility index (Phi) is 5.22. The molecule has 1 fully saturated rings. The number of rotatable bonds is 3.